The van der Waals surface area contributed by atoms with Gasteiger partial charge in [-0.2, -0.15) is 0 Å². The molecule has 21 heavy (non-hydrogen) atoms. The number of carbonyl (C=O) groups excluding carboxylic acids is 1. The molecule has 1 aromatic carbocycles. The van der Waals surface area contributed by atoms with Crippen LogP contribution in [0.15, 0.2) is 42.7 Å². The normalized spacial score (nSPS) is 14.6. The molecule has 0 bridgehead atoms. The molecule has 0 atom stereocenters. The van der Waals surface area contributed by atoms with Crippen molar-refractivity contribution in [3.63, 3.8) is 0 Å². The van der Waals surface area contributed by atoms with Crippen molar-refractivity contribution >= 4 is 23.5 Å². The van der Waals surface area contributed by atoms with Gasteiger partial charge in [0.1, 0.15) is 0 Å². The number of benzene rings is 1. The third-order valence-corrected chi connectivity index (χ3v) is 3.80. The average Bonchev–Trinajstić information content (AvgIpc) is 2.46. The summed E-state index contributed by atoms with van der Waals surface area (Å²) in [5.74, 6) is 0.691. The molecule has 1 aliphatic rings. The molecule has 0 aliphatic carbocycles. The Kier molecular flexibility index (Phi) is 4.01. The largest absolute Gasteiger partial charge is 0.348 e. The Labute approximate surface area is 128 Å². The third-order valence-electron chi connectivity index (χ3n) is 3.43. The van der Waals surface area contributed by atoms with Crippen molar-refractivity contribution in [2.45, 2.75) is 12.5 Å². The number of hydrogen-bond donors (Lipinski definition) is 1. The number of amides is 1. The van der Waals surface area contributed by atoms with E-state index in [0.29, 0.717) is 30.5 Å². The maximum Gasteiger partial charge on any atom is 0.227 e. The molecule has 2 aromatic rings. The van der Waals surface area contributed by atoms with Gasteiger partial charge in [0.15, 0.2) is 0 Å². The number of hydrogen-bond acceptors (Lipinski definition) is 4. The monoisotopic (exact) mass is 302 g/mol. The van der Waals surface area contributed by atoms with Gasteiger partial charge in [0.05, 0.1) is 12.5 Å². The molecular formula is C15H15ClN4O. The summed E-state index contributed by atoms with van der Waals surface area (Å²) in [6, 6.07) is 9.42. The maximum absolute atomic E-state index is 12.2. The number of halogens is 1. The van der Waals surface area contributed by atoms with Gasteiger partial charge in [0, 0.05) is 30.5 Å². The first kappa shape index (κ1) is 13.8. The fraction of sp³-hybridized carbons (Fsp3) is 0.267. The summed E-state index contributed by atoms with van der Waals surface area (Å²) in [5.41, 5.74) is 0.868. The predicted octanol–water partition coefficient (Wildman–Crippen LogP) is 2.00. The molecule has 0 spiro atoms. The first-order valence-corrected chi connectivity index (χ1v) is 7.15. The third kappa shape index (κ3) is 3.31. The molecule has 2 heterocycles. The zero-order valence-electron chi connectivity index (χ0n) is 11.4. The van der Waals surface area contributed by atoms with E-state index in [1.54, 1.807) is 24.5 Å². The zero-order chi connectivity index (χ0) is 14.7. The molecular weight excluding hydrogens is 288 g/mol. The Bertz CT molecular complexity index is 629. The van der Waals surface area contributed by atoms with Crippen molar-refractivity contribution in [1.29, 1.82) is 0 Å². The second kappa shape index (κ2) is 6.10. The minimum atomic E-state index is 0.0927. The molecule has 1 amide bonds. The average molecular weight is 303 g/mol. The Morgan fingerprint density at radius 1 is 1.24 bits per heavy atom. The van der Waals surface area contributed by atoms with Gasteiger partial charge in [0.2, 0.25) is 11.9 Å². The fourth-order valence-corrected chi connectivity index (χ4v) is 2.45. The van der Waals surface area contributed by atoms with E-state index >= 15 is 0 Å². The van der Waals surface area contributed by atoms with Crippen LogP contribution in [-0.4, -0.2) is 39.9 Å². The smallest absolute Gasteiger partial charge is 0.227 e. The quantitative estimate of drug-likeness (QED) is 0.938. The van der Waals surface area contributed by atoms with Crippen LogP contribution in [0.1, 0.15) is 5.56 Å². The minimum Gasteiger partial charge on any atom is -0.348 e. The molecule has 3 rings (SSSR count). The molecule has 1 aromatic heterocycles. The van der Waals surface area contributed by atoms with Crippen LogP contribution in [0.5, 0.6) is 0 Å². The van der Waals surface area contributed by atoms with Gasteiger partial charge in [-0.25, -0.2) is 9.97 Å². The summed E-state index contributed by atoms with van der Waals surface area (Å²) < 4.78 is 0. The standard InChI is InChI=1S/C15H15ClN4O/c16-13-5-2-1-4-11(13)8-14(21)20-9-12(10-20)19-15-17-6-3-7-18-15/h1-7,12H,8-10H2,(H,17,18,19). The number of likely N-dealkylation sites (tertiary alicyclic amines) is 1. The second-order valence-corrected chi connectivity index (χ2v) is 5.39. The predicted molar refractivity (Wildman–Crippen MR) is 81.2 cm³/mol. The van der Waals surface area contributed by atoms with Crippen molar-refractivity contribution in [1.82, 2.24) is 14.9 Å². The summed E-state index contributed by atoms with van der Waals surface area (Å²) in [5, 5.41) is 3.83. The Balaban J connectivity index is 1.50. The SMILES string of the molecule is O=C(Cc1ccccc1Cl)N1CC(Nc2ncccn2)C1. The number of rotatable bonds is 4. The molecule has 1 saturated heterocycles. The van der Waals surface area contributed by atoms with E-state index in [2.05, 4.69) is 15.3 Å². The lowest BCUT2D eigenvalue weighted by atomic mass is 10.1. The number of carbonyl (C=O) groups is 1. The molecule has 1 aliphatic heterocycles. The molecule has 5 nitrogen and oxygen atoms in total. The van der Waals surface area contributed by atoms with Gasteiger partial charge in [-0.1, -0.05) is 29.8 Å². The summed E-state index contributed by atoms with van der Waals surface area (Å²) >= 11 is 6.07. The van der Waals surface area contributed by atoms with Crippen molar-refractivity contribution in [2.24, 2.45) is 0 Å². The lowest BCUT2D eigenvalue weighted by Gasteiger charge is -2.39. The van der Waals surface area contributed by atoms with E-state index in [1.807, 2.05) is 23.1 Å². The Morgan fingerprint density at radius 3 is 2.67 bits per heavy atom. The second-order valence-electron chi connectivity index (χ2n) is 4.98. The fourth-order valence-electron chi connectivity index (χ4n) is 2.25. The van der Waals surface area contributed by atoms with Gasteiger partial charge in [-0.3, -0.25) is 4.79 Å². The van der Waals surface area contributed by atoms with E-state index in [-0.39, 0.29) is 11.9 Å². The van der Waals surface area contributed by atoms with E-state index in [4.69, 9.17) is 11.6 Å². The van der Waals surface area contributed by atoms with Crippen LogP contribution in [-0.2, 0) is 11.2 Å². The lowest BCUT2D eigenvalue weighted by molar-refractivity contribution is -0.134. The van der Waals surface area contributed by atoms with Crippen LogP contribution in [0.4, 0.5) is 5.95 Å². The van der Waals surface area contributed by atoms with Crippen LogP contribution in [0.25, 0.3) is 0 Å². The molecule has 1 N–H and O–H groups in total. The van der Waals surface area contributed by atoms with Crippen LogP contribution >= 0.6 is 11.6 Å². The van der Waals surface area contributed by atoms with Gasteiger partial charge in [0.25, 0.3) is 0 Å². The molecule has 0 radical (unpaired) electrons. The number of aromatic nitrogens is 2. The van der Waals surface area contributed by atoms with Crippen molar-refractivity contribution < 1.29 is 4.79 Å². The maximum atomic E-state index is 12.2. The zero-order valence-corrected chi connectivity index (χ0v) is 12.1. The summed E-state index contributed by atoms with van der Waals surface area (Å²) in [4.78, 5) is 22.2. The van der Waals surface area contributed by atoms with Crippen LogP contribution in [0.2, 0.25) is 5.02 Å². The van der Waals surface area contributed by atoms with Crippen LogP contribution in [0.3, 0.4) is 0 Å². The van der Waals surface area contributed by atoms with E-state index < -0.39 is 0 Å². The lowest BCUT2D eigenvalue weighted by Crippen LogP contribution is -2.57. The minimum absolute atomic E-state index is 0.0927. The highest BCUT2D eigenvalue weighted by Gasteiger charge is 2.30. The molecule has 6 heteroatoms. The number of anilines is 1. The van der Waals surface area contributed by atoms with Crippen molar-refractivity contribution in [2.75, 3.05) is 18.4 Å². The number of nitrogens with one attached hydrogen (secondary N) is 1. The summed E-state index contributed by atoms with van der Waals surface area (Å²) in [6.45, 7) is 1.34. The first-order chi connectivity index (χ1) is 10.2. The van der Waals surface area contributed by atoms with Gasteiger partial charge < -0.3 is 10.2 Å². The number of nitrogens with zero attached hydrogens (tertiary/aromatic N) is 3. The van der Waals surface area contributed by atoms with Gasteiger partial charge in [-0.15, -0.1) is 0 Å². The van der Waals surface area contributed by atoms with E-state index in [9.17, 15) is 4.79 Å². The highest BCUT2D eigenvalue weighted by Crippen LogP contribution is 2.19. The molecule has 0 unspecified atom stereocenters. The summed E-state index contributed by atoms with van der Waals surface area (Å²) in [6.07, 6.45) is 3.72. The highest BCUT2D eigenvalue weighted by molar-refractivity contribution is 6.31. The highest BCUT2D eigenvalue weighted by atomic mass is 35.5. The van der Waals surface area contributed by atoms with Crippen LogP contribution < -0.4 is 5.32 Å². The van der Waals surface area contributed by atoms with Crippen molar-refractivity contribution in [3.8, 4) is 0 Å². The van der Waals surface area contributed by atoms with Crippen LogP contribution in [0, 0.1) is 0 Å². The van der Waals surface area contributed by atoms with Gasteiger partial charge >= 0.3 is 0 Å². The molecule has 0 saturated carbocycles. The molecule has 1 fully saturated rings. The van der Waals surface area contributed by atoms with E-state index in [0.717, 1.165) is 5.56 Å². The van der Waals surface area contributed by atoms with E-state index in [1.165, 1.54) is 0 Å². The Morgan fingerprint density at radius 2 is 1.95 bits per heavy atom. The summed E-state index contributed by atoms with van der Waals surface area (Å²) in [7, 11) is 0. The van der Waals surface area contributed by atoms with Gasteiger partial charge in [-0.05, 0) is 17.7 Å². The van der Waals surface area contributed by atoms with Crippen molar-refractivity contribution in [3.05, 3.63) is 53.3 Å². The first-order valence-electron chi connectivity index (χ1n) is 6.77. The topological polar surface area (TPSA) is 58.1 Å². The Hall–Kier alpha value is -2.14. The molecule has 108 valence electrons.